The minimum absolute atomic E-state index is 0.00836. The zero-order valence-electron chi connectivity index (χ0n) is 10.3. The SMILES string of the molecule is O=C1NCC2C1CCCN2c1ncnc(Cl)c1CO. The van der Waals surface area contributed by atoms with Crippen LogP contribution in [0.5, 0.6) is 0 Å². The van der Waals surface area contributed by atoms with Crippen molar-refractivity contribution in [2.45, 2.75) is 25.5 Å². The van der Waals surface area contributed by atoms with Gasteiger partial charge >= 0.3 is 0 Å². The second kappa shape index (κ2) is 4.94. The number of hydrogen-bond acceptors (Lipinski definition) is 5. The van der Waals surface area contributed by atoms with E-state index in [0.29, 0.717) is 17.9 Å². The molecule has 7 heteroatoms. The summed E-state index contributed by atoms with van der Waals surface area (Å²) < 4.78 is 0. The highest BCUT2D eigenvalue weighted by Crippen LogP contribution is 2.33. The Labute approximate surface area is 115 Å². The van der Waals surface area contributed by atoms with Gasteiger partial charge in [0.1, 0.15) is 17.3 Å². The molecule has 1 aromatic rings. The molecule has 2 unspecified atom stereocenters. The normalized spacial score (nSPS) is 26.2. The number of amides is 1. The quantitative estimate of drug-likeness (QED) is 0.765. The molecule has 1 aromatic heterocycles. The van der Waals surface area contributed by atoms with Gasteiger partial charge in [-0.05, 0) is 12.8 Å². The lowest BCUT2D eigenvalue weighted by Gasteiger charge is -2.37. The number of aromatic nitrogens is 2. The number of nitrogens with zero attached hydrogens (tertiary/aromatic N) is 3. The fraction of sp³-hybridized carbons (Fsp3) is 0.583. The maximum atomic E-state index is 11.8. The topological polar surface area (TPSA) is 78.4 Å². The van der Waals surface area contributed by atoms with Gasteiger partial charge in [0.05, 0.1) is 24.1 Å². The average molecular weight is 283 g/mol. The highest BCUT2D eigenvalue weighted by Gasteiger charge is 2.41. The first-order chi connectivity index (χ1) is 9.22. The van der Waals surface area contributed by atoms with Crippen LogP contribution < -0.4 is 10.2 Å². The molecule has 2 fully saturated rings. The van der Waals surface area contributed by atoms with Crippen molar-refractivity contribution in [3.05, 3.63) is 17.0 Å². The number of carbonyl (C=O) groups is 1. The lowest BCUT2D eigenvalue weighted by molar-refractivity contribution is -0.122. The van der Waals surface area contributed by atoms with E-state index in [-0.39, 0.29) is 29.6 Å². The molecule has 2 N–H and O–H groups in total. The molecule has 0 saturated carbocycles. The predicted molar refractivity (Wildman–Crippen MR) is 69.8 cm³/mol. The van der Waals surface area contributed by atoms with Crippen LogP contribution in [0.15, 0.2) is 6.33 Å². The molecule has 0 spiro atoms. The highest BCUT2D eigenvalue weighted by molar-refractivity contribution is 6.30. The molecule has 1 amide bonds. The second-order valence-electron chi connectivity index (χ2n) is 4.88. The summed E-state index contributed by atoms with van der Waals surface area (Å²) >= 11 is 6.00. The molecule has 6 nitrogen and oxygen atoms in total. The van der Waals surface area contributed by atoms with Gasteiger partial charge in [0.15, 0.2) is 0 Å². The van der Waals surface area contributed by atoms with Gasteiger partial charge < -0.3 is 15.3 Å². The first-order valence-electron chi connectivity index (χ1n) is 6.37. The average Bonchev–Trinajstić information content (AvgIpc) is 2.80. The Morgan fingerprint density at radius 1 is 1.53 bits per heavy atom. The zero-order valence-corrected chi connectivity index (χ0v) is 11.1. The summed E-state index contributed by atoms with van der Waals surface area (Å²) in [5.74, 6) is 0.767. The van der Waals surface area contributed by atoms with Crippen LogP contribution in [0.1, 0.15) is 18.4 Å². The van der Waals surface area contributed by atoms with E-state index in [2.05, 4.69) is 20.2 Å². The van der Waals surface area contributed by atoms with E-state index in [9.17, 15) is 9.90 Å². The number of aliphatic hydroxyl groups is 1. The van der Waals surface area contributed by atoms with Crippen LogP contribution in [-0.4, -0.2) is 40.1 Å². The van der Waals surface area contributed by atoms with Crippen molar-refractivity contribution in [2.24, 2.45) is 5.92 Å². The monoisotopic (exact) mass is 282 g/mol. The van der Waals surface area contributed by atoms with Gasteiger partial charge in [-0.25, -0.2) is 9.97 Å². The third kappa shape index (κ3) is 2.04. The van der Waals surface area contributed by atoms with Gasteiger partial charge in [-0.3, -0.25) is 4.79 Å². The minimum atomic E-state index is -0.204. The van der Waals surface area contributed by atoms with E-state index in [1.165, 1.54) is 6.33 Å². The third-order valence-electron chi connectivity index (χ3n) is 3.90. The Balaban J connectivity index is 1.97. The van der Waals surface area contributed by atoms with Crippen LogP contribution in [0.25, 0.3) is 0 Å². The summed E-state index contributed by atoms with van der Waals surface area (Å²) in [6, 6.07) is 0.0949. The smallest absolute Gasteiger partial charge is 0.225 e. The van der Waals surface area contributed by atoms with Gasteiger partial charge in [0, 0.05) is 13.1 Å². The van der Waals surface area contributed by atoms with Crippen molar-refractivity contribution in [1.82, 2.24) is 15.3 Å². The first-order valence-corrected chi connectivity index (χ1v) is 6.74. The Kier molecular flexibility index (Phi) is 3.28. The Morgan fingerprint density at radius 2 is 2.37 bits per heavy atom. The minimum Gasteiger partial charge on any atom is -0.391 e. The number of anilines is 1. The summed E-state index contributed by atoms with van der Waals surface area (Å²) in [5, 5.41) is 12.6. The lowest BCUT2D eigenvalue weighted by Crippen LogP contribution is -2.46. The zero-order chi connectivity index (χ0) is 13.4. The Morgan fingerprint density at radius 3 is 3.16 bits per heavy atom. The predicted octanol–water partition coefficient (Wildman–Crippen LogP) is 0.337. The Hall–Kier alpha value is -1.40. The first kappa shape index (κ1) is 12.6. The van der Waals surface area contributed by atoms with Crippen molar-refractivity contribution in [1.29, 1.82) is 0 Å². The van der Waals surface area contributed by atoms with Crippen LogP contribution in [0.3, 0.4) is 0 Å². The van der Waals surface area contributed by atoms with Gasteiger partial charge in [-0.15, -0.1) is 0 Å². The van der Waals surface area contributed by atoms with Crippen molar-refractivity contribution >= 4 is 23.3 Å². The summed E-state index contributed by atoms with van der Waals surface area (Å²) in [6.45, 7) is 1.23. The van der Waals surface area contributed by atoms with Gasteiger partial charge in [-0.2, -0.15) is 0 Å². The number of fused-ring (bicyclic) bond motifs is 1. The van der Waals surface area contributed by atoms with Crippen LogP contribution >= 0.6 is 11.6 Å². The lowest BCUT2D eigenvalue weighted by atomic mass is 9.91. The third-order valence-corrected chi connectivity index (χ3v) is 4.23. The van der Waals surface area contributed by atoms with Crippen LogP contribution in [0.4, 0.5) is 5.82 Å². The van der Waals surface area contributed by atoms with Crippen molar-refractivity contribution < 1.29 is 9.90 Å². The number of aliphatic hydroxyl groups excluding tert-OH is 1. The number of carbonyl (C=O) groups excluding carboxylic acids is 1. The summed E-state index contributed by atoms with van der Waals surface area (Å²) in [6.07, 6.45) is 3.23. The van der Waals surface area contributed by atoms with E-state index in [1.54, 1.807) is 0 Å². The number of hydrogen-bond donors (Lipinski definition) is 2. The summed E-state index contributed by atoms with van der Waals surface area (Å²) in [5.41, 5.74) is 0.532. The molecule has 102 valence electrons. The number of halogens is 1. The van der Waals surface area contributed by atoms with E-state index in [1.807, 2.05) is 0 Å². The van der Waals surface area contributed by atoms with Crippen molar-refractivity contribution in [2.75, 3.05) is 18.0 Å². The van der Waals surface area contributed by atoms with Gasteiger partial charge in [0.25, 0.3) is 0 Å². The van der Waals surface area contributed by atoms with Crippen molar-refractivity contribution in [3.8, 4) is 0 Å². The molecule has 3 heterocycles. The molecule has 2 saturated heterocycles. The number of nitrogens with one attached hydrogen (secondary N) is 1. The molecule has 0 radical (unpaired) electrons. The molecule has 0 aliphatic carbocycles. The molecular weight excluding hydrogens is 268 g/mol. The molecule has 19 heavy (non-hydrogen) atoms. The van der Waals surface area contributed by atoms with Crippen LogP contribution in [0.2, 0.25) is 5.15 Å². The van der Waals surface area contributed by atoms with Crippen molar-refractivity contribution in [3.63, 3.8) is 0 Å². The summed E-state index contributed by atoms with van der Waals surface area (Å²) in [4.78, 5) is 22.0. The second-order valence-corrected chi connectivity index (χ2v) is 5.24. The van der Waals surface area contributed by atoms with Crippen LogP contribution in [-0.2, 0) is 11.4 Å². The summed E-state index contributed by atoms with van der Waals surface area (Å²) in [7, 11) is 0. The fourth-order valence-corrected chi connectivity index (χ4v) is 3.17. The fourth-order valence-electron chi connectivity index (χ4n) is 2.98. The molecule has 2 aliphatic heterocycles. The molecule has 0 bridgehead atoms. The van der Waals surface area contributed by atoms with Gasteiger partial charge in [-0.1, -0.05) is 11.6 Å². The van der Waals surface area contributed by atoms with Crippen LogP contribution in [0, 0.1) is 5.92 Å². The standard InChI is InChI=1S/C12H15ClN4O2/c13-10-8(5-18)11(16-6-15-10)17-3-1-2-7-9(17)4-14-12(7)19/h6-7,9,18H,1-5H2,(H,14,19). The number of rotatable bonds is 2. The van der Waals surface area contributed by atoms with Gasteiger partial charge in [0.2, 0.25) is 5.91 Å². The van der Waals surface area contributed by atoms with E-state index in [4.69, 9.17) is 11.6 Å². The largest absolute Gasteiger partial charge is 0.391 e. The Bertz CT molecular complexity index is 511. The number of piperidine rings is 1. The van der Waals surface area contributed by atoms with E-state index >= 15 is 0 Å². The molecule has 0 aromatic carbocycles. The van der Waals surface area contributed by atoms with E-state index < -0.39 is 0 Å². The maximum Gasteiger partial charge on any atom is 0.225 e. The molecule has 3 rings (SSSR count). The maximum absolute atomic E-state index is 11.8. The molecule has 2 aliphatic rings. The highest BCUT2D eigenvalue weighted by atomic mass is 35.5. The van der Waals surface area contributed by atoms with E-state index in [0.717, 1.165) is 19.4 Å². The molecule has 2 atom stereocenters. The molecular formula is C12H15ClN4O2.